The van der Waals surface area contributed by atoms with Gasteiger partial charge in [-0.05, 0) is 19.1 Å². The minimum absolute atomic E-state index is 0.127. The van der Waals surface area contributed by atoms with Crippen molar-refractivity contribution in [3.63, 3.8) is 0 Å². The first-order valence-corrected chi connectivity index (χ1v) is 9.30. The van der Waals surface area contributed by atoms with Crippen LogP contribution >= 0.6 is 0 Å². The predicted octanol–water partition coefficient (Wildman–Crippen LogP) is 1.41. The molecule has 0 aliphatic carbocycles. The third-order valence-corrected chi connectivity index (χ3v) is 5.79. The van der Waals surface area contributed by atoms with E-state index in [1.165, 1.54) is 12.1 Å². The number of likely N-dealkylation sites (tertiary alicyclic amines) is 1. The minimum Gasteiger partial charge on any atom is -0.354 e. The van der Waals surface area contributed by atoms with Crippen molar-refractivity contribution < 1.29 is 9.18 Å². The average molecular weight is 381 g/mol. The van der Waals surface area contributed by atoms with Gasteiger partial charge >= 0.3 is 0 Å². The summed E-state index contributed by atoms with van der Waals surface area (Å²) >= 11 is 0. The lowest BCUT2D eigenvalue weighted by molar-refractivity contribution is 0.0776. The van der Waals surface area contributed by atoms with Crippen LogP contribution in [-0.4, -0.2) is 61.5 Å². The van der Waals surface area contributed by atoms with Crippen molar-refractivity contribution in [2.75, 3.05) is 31.1 Å². The zero-order valence-corrected chi connectivity index (χ0v) is 15.7. The normalized spacial score (nSPS) is 21.5. The van der Waals surface area contributed by atoms with E-state index in [0.29, 0.717) is 30.6 Å². The summed E-state index contributed by atoms with van der Waals surface area (Å²) in [6, 6.07) is 2.77. The van der Waals surface area contributed by atoms with Crippen LogP contribution in [0.25, 0.3) is 11.2 Å². The fraction of sp³-hybridized carbons (Fsp3) is 0.421. The van der Waals surface area contributed by atoms with Crippen molar-refractivity contribution >= 4 is 22.9 Å². The molecular formula is C19H20FN7O. The molecule has 144 valence electrons. The van der Waals surface area contributed by atoms with Crippen LogP contribution in [-0.2, 0) is 7.05 Å². The number of aromatic nitrogens is 5. The Morgan fingerprint density at radius 1 is 1.11 bits per heavy atom. The average Bonchev–Trinajstić information content (AvgIpc) is 3.36. The molecule has 3 aromatic rings. The molecule has 3 aromatic heterocycles. The van der Waals surface area contributed by atoms with Crippen LogP contribution in [0.3, 0.4) is 0 Å². The summed E-state index contributed by atoms with van der Waals surface area (Å²) < 4.78 is 15.3. The summed E-state index contributed by atoms with van der Waals surface area (Å²) in [5.74, 6) is 1.08. The molecule has 2 fully saturated rings. The van der Waals surface area contributed by atoms with Gasteiger partial charge in [-0.25, -0.2) is 24.3 Å². The number of halogens is 1. The molecular weight excluding hydrogens is 361 g/mol. The molecule has 0 radical (unpaired) electrons. The van der Waals surface area contributed by atoms with Gasteiger partial charge in [-0.2, -0.15) is 0 Å². The highest BCUT2D eigenvalue weighted by atomic mass is 19.1. The summed E-state index contributed by atoms with van der Waals surface area (Å²) in [5, 5.41) is 0. The summed E-state index contributed by atoms with van der Waals surface area (Å²) in [6.45, 7) is 4.58. The van der Waals surface area contributed by atoms with Crippen molar-refractivity contribution in [2.45, 2.75) is 6.92 Å². The fourth-order valence-electron chi connectivity index (χ4n) is 4.32. The molecule has 2 saturated heterocycles. The molecule has 2 aliphatic rings. The van der Waals surface area contributed by atoms with Gasteiger partial charge in [0.05, 0.1) is 12.0 Å². The number of anilines is 1. The number of amides is 1. The predicted molar refractivity (Wildman–Crippen MR) is 100 cm³/mol. The maximum atomic E-state index is 13.4. The number of carbonyl (C=O) groups is 1. The summed E-state index contributed by atoms with van der Waals surface area (Å²) in [6.07, 6.45) is 3.32. The van der Waals surface area contributed by atoms with E-state index in [9.17, 15) is 9.18 Å². The number of imidazole rings is 1. The quantitative estimate of drug-likeness (QED) is 0.668. The zero-order valence-electron chi connectivity index (χ0n) is 15.7. The number of carbonyl (C=O) groups excluding carboxylic acids is 1. The van der Waals surface area contributed by atoms with Crippen LogP contribution in [0.1, 0.15) is 16.2 Å². The van der Waals surface area contributed by atoms with Gasteiger partial charge in [0.2, 0.25) is 0 Å². The van der Waals surface area contributed by atoms with Gasteiger partial charge in [-0.1, -0.05) is 0 Å². The van der Waals surface area contributed by atoms with Crippen LogP contribution in [0.15, 0.2) is 24.8 Å². The highest BCUT2D eigenvalue weighted by Crippen LogP contribution is 2.35. The largest absolute Gasteiger partial charge is 0.354 e. The molecule has 0 saturated carbocycles. The van der Waals surface area contributed by atoms with Gasteiger partial charge in [0.25, 0.3) is 5.91 Å². The van der Waals surface area contributed by atoms with Gasteiger partial charge < -0.3 is 14.4 Å². The summed E-state index contributed by atoms with van der Waals surface area (Å²) in [7, 11) is 1.92. The molecule has 2 unspecified atom stereocenters. The van der Waals surface area contributed by atoms with Crippen LogP contribution in [0.4, 0.5) is 10.2 Å². The first-order chi connectivity index (χ1) is 13.5. The molecule has 2 aliphatic heterocycles. The lowest BCUT2D eigenvalue weighted by Crippen LogP contribution is -2.34. The van der Waals surface area contributed by atoms with Gasteiger partial charge in [-0.3, -0.25) is 4.79 Å². The Labute approximate surface area is 161 Å². The second-order valence-corrected chi connectivity index (χ2v) is 7.62. The zero-order chi connectivity index (χ0) is 19.4. The second-order valence-electron chi connectivity index (χ2n) is 7.62. The number of hydrogen-bond acceptors (Lipinski definition) is 6. The number of hydrogen-bond donors (Lipinski definition) is 0. The summed E-state index contributed by atoms with van der Waals surface area (Å²) in [5.41, 5.74) is 2.18. The van der Waals surface area contributed by atoms with E-state index in [1.807, 2.05) is 16.5 Å². The highest BCUT2D eigenvalue weighted by Gasteiger charge is 2.42. The van der Waals surface area contributed by atoms with E-state index >= 15 is 0 Å². The Morgan fingerprint density at radius 3 is 2.57 bits per heavy atom. The Hall–Kier alpha value is -3.10. The number of nitrogens with zero attached hydrogens (tertiary/aromatic N) is 7. The molecule has 1 amide bonds. The number of aryl methyl sites for hydroxylation is 2. The molecule has 5 rings (SSSR count). The topological polar surface area (TPSA) is 80.0 Å². The first kappa shape index (κ1) is 17.0. The molecule has 9 heteroatoms. The van der Waals surface area contributed by atoms with Crippen molar-refractivity contribution in [1.29, 1.82) is 0 Å². The monoisotopic (exact) mass is 381 g/mol. The number of pyridine rings is 1. The molecule has 0 spiro atoms. The Bertz CT molecular complexity index is 1070. The van der Waals surface area contributed by atoms with Gasteiger partial charge in [-0.15, -0.1) is 0 Å². The molecule has 0 aromatic carbocycles. The van der Waals surface area contributed by atoms with E-state index < -0.39 is 5.82 Å². The first-order valence-electron chi connectivity index (χ1n) is 9.30. The number of fused-ring (bicyclic) bond motifs is 2. The maximum absolute atomic E-state index is 13.4. The van der Waals surface area contributed by atoms with Gasteiger partial charge in [0.15, 0.2) is 17.0 Å². The van der Waals surface area contributed by atoms with Crippen molar-refractivity contribution in [1.82, 2.24) is 29.4 Å². The van der Waals surface area contributed by atoms with Gasteiger partial charge in [0.1, 0.15) is 17.8 Å². The lowest BCUT2D eigenvalue weighted by atomic mass is 10.0. The molecule has 5 heterocycles. The van der Waals surface area contributed by atoms with E-state index in [-0.39, 0.29) is 11.6 Å². The van der Waals surface area contributed by atoms with Gasteiger partial charge in [0, 0.05) is 45.1 Å². The smallest absolute Gasteiger partial charge is 0.272 e. The molecule has 0 bridgehead atoms. The van der Waals surface area contributed by atoms with Crippen LogP contribution in [0, 0.1) is 24.6 Å². The molecule has 28 heavy (non-hydrogen) atoms. The van der Waals surface area contributed by atoms with E-state index in [2.05, 4.69) is 24.8 Å². The van der Waals surface area contributed by atoms with Crippen LogP contribution in [0.2, 0.25) is 0 Å². The Balaban J connectivity index is 1.32. The van der Waals surface area contributed by atoms with Crippen LogP contribution < -0.4 is 4.90 Å². The maximum Gasteiger partial charge on any atom is 0.272 e. The molecule has 0 N–H and O–H groups in total. The van der Waals surface area contributed by atoms with Crippen molar-refractivity contribution in [3.05, 3.63) is 42.0 Å². The highest BCUT2D eigenvalue weighted by molar-refractivity contribution is 5.92. The Kier molecular flexibility index (Phi) is 3.78. The Morgan fingerprint density at radius 2 is 1.86 bits per heavy atom. The fourth-order valence-corrected chi connectivity index (χ4v) is 4.32. The van der Waals surface area contributed by atoms with Crippen LogP contribution in [0.5, 0.6) is 0 Å². The molecule has 2 atom stereocenters. The van der Waals surface area contributed by atoms with Crippen molar-refractivity contribution in [3.8, 4) is 0 Å². The standard InChI is InChI=1S/C19H20FN7O/c1-11-14(20)3-4-15(24-11)19(28)27-7-12-5-26(6-13(12)8-27)18-16-17(21-9-22-18)25(2)10-23-16/h3-4,9-10,12-13H,5-8H2,1-2H3. The van der Waals surface area contributed by atoms with E-state index in [1.54, 1.807) is 19.6 Å². The van der Waals surface area contributed by atoms with E-state index in [0.717, 1.165) is 30.1 Å². The number of rotatable bonds is 2. The second kappa shape index (κ2) is 6.22. The van der Waals surface area contributed by atoms with Crippen molar-refractivity contribution in [2.24, 2.45) is 18.9 Å². The third kappa shape index (κ3) is 2.61. The van der Waals surface area contributed by atoms with E-state index in [4.69, 9.17) is 0 Å². The SMILES string of the molecule is Cc1nc(C(=O)N2CC3CN(c4ncnc5c4ncn5C)CC3C2)ccc1F. The molecule has 8 nitrogen and oxygen atoms in total. The minimum atomic E-state index is -0.392. The third-order valence-electron chi connectivity index (χ3n) is 5.79. The summed E-state index contributed by atoms with van der Waals surface area (Å²) in [4.78, 5) is 34.2. The lowest BCUT2D eigenvalue weighted by Gasteiger charge is -2.22.